The van der Waals surface area contributed by atoms with Gasteiger partial charge in [0.2, 0.25) is 0 Å². The average molecular weight is 172 g/mol. The van der Waals surface area contributed by atoms with E-state index in [9.17, 15) is 0 Å². The van der Waals surface area contributed by atoms with Crippen molar-refractivity contribution in [3.8, 4) is 0 Å². The maximum absolute atomic E-state index is 4.23. The number of aromatic amines is 1. The molecule has 0 saturated carbocycles. The first kappa shape index (κ1) is 8.05. The Balaban J connectivity index is 2.86. The Morgan fingerprint density at radius 2 is 2.23 bits per heavy atom. The number of hydrogen-bond acceptors (Lipinski definition) is 1. The van der Waals surface area contributed by atoms with Crippen LogP contribution in [0.1, 0.15) is 18.2 Å². The number of allylic oxidation sites excluding steroid dienone is 1. The van der Waals surface area contributed by atoms with E-state index in [0.29, 0.717) is 0 Å². The smallest absolute Gasteiger partial charge is 0.0953 e. The Bertz CT molecular complexity index is 466. The third kappa shape index (κ3) is 1.15. The number of aryl methyl sites for hydroxylation is 1. The van der Waals surface area contributed by atoms with Crippen LogP contribution in [-0.2, 0) is 0 Å². The second kappa shape index (κ2) is 2.73. The normalized spacial score (nSPS) is 10.6. The van der Waals surface area contributed by atoms with E-state index in [2.05, 4.69) is 29.8 Å². The van der Waals surface area contributed by atoms with Gasteiger partial charge < -0.3 is 0 Å². The minimum absolute atomic E-state index is 0.980. The molecule has 0 fully saturated rings. The van der Waals surface area contributed by atoms with E-state index in [-0.39, 0.29) is 0 Å². The first-order valence-electron chi connectivity index (χ1n) is 4.29. The van der Waals surface area contributed by atoms with E-state index < -0.39 is 0 Å². The van der Waals surface area contributed by atoms with Crippen LogP contribution in [0, 0.1) is 6.92 Å². The van der Waals surface area contributed by atoms with Crippen LogP contribution in [0.5, 0.6) is 0 Å². The van der Waals surface area contributed by atoms with E-state index in [1.165, 1.54) is 10.9 Å². The highest BCUT2D eigenvalue weighted by atomic mass is 15.1. The van der Waals surface area contributed by atoms with Crippen LogP contribution >= 0.6 is 0 Å². The minimum Gasteiger partial charge on any atom is -0.277 e. The number of benzene rings is 1. The molecule has 1 heterocycles. The fraction of sp³-hybridized carbons (Fsp3) is 0.182. The van der Waals surface area contributed by atoms with Crippen LogP contribution in [0.25, 0.3) is 16.5 Å². The highest BCUT2D eigenvalue weighted by molar-refractivity contribution is 5.91. The summed E-state index contributed by atoms with van der Waals surface area (Å²) in [4.78, 5) is 0. The van der Waals surface area contributed by atoms with Crippen molar-refractivity contribution >= 4 is 16.5 Å². The molecule has 0 saturated heterocycles. The molecule has 66 valence electrons. The van der Waals surface area contributed by atoms with Crippen LogP contribution in [0.3, 0.4) is 0 Å². The topological polar surface area (TPSA) is 28.7 Å². The number of nitrogens with one attached hydrogen (secondary N) is 1. The fourth-order valence-electron chi connectivity index (χ4n) is 1.56. The lowest BCUT2D eigenvalue weighted by molar-refractivity contribution is 1.10. The van der Waals surface area contributed by atoms with Crippen molar-refractivity contribution in [2.75, 3.05) is 0 Å². The summed E-state index contributed by atoms with van der Waals surface area (Å²) in [6.45, 7) is 7.97. The molecule has 2 rings (SSSR count). The highest BCUT2D eigenvalue weighted by Gasteiger charge is 2.07. The molecule has 0 amide bonds. The van der Waals surface area contributed by atoms with Crippen LogP contribution in [0.2, 0.25) is 0 Å². The lowest BCUT2D eigenvalue weighted by Crippen LogP contribution is -1.80. The average Bonchev–Trinajstić information content (AvgIpc) is 2.49. The van der Waals surface area contributed by atoms with Gasteiger partial charge in [-0.3, -0.25) is 5.10 Å². The van der Waals surface area contributed by atoms with Crippen LogP contribution in [0.4, 0.5) is 0 Å². The van der Waals surface area contributed by atoms with E-state index in [1.807, 2.05) is 19.1 Å². The van der Waals surface area contributed by atoms with Gasteiger partial charge in [-0.15, -0.1) is 0 Å². The maximum atomic E-state index is 4.23. The van der Waals surface area contributed by atoms with Gasteiger partial charge in [0.05, 0.1) is 11.2 Å². The monoisotopic (exact) mass is 172 g/mol. The largest absolute Gasteiger partial charge is 0.277 e. The van der Waals surface area contributed by atoms with Crippen LogP contribution in [-0.4, -0.2) is 10.2 Å². The summed E-state index contributed by atoms with van der Waals surface area (Å²) in [6, 6.07) is 6.14. The van der Waals surface area contributed by atoms with Crippen molar-refractivity contribution in [2.24, 2.45) is 0 Å². The molecule has 2 heteroatoms. The molecule has 2 nitrogen and oxygen atoms in total. The van der Waals surface area contributed by atoms with Crippen LogP contribution in [0.15, 0.2) is 24.8 Å². The van der Waals surface area contributed by atoms with Gasteiger partial charge in [-0.2, -0.15) is 5.10 Å². The van der Waals surface area contributed by atoms with Gasteiger partial charge in [0.25, 0.3) is 0 Å². The van der Waals surface area contributed by atoms with Crippen molar-refractivity contribution < 1.29 is 0 Å². The van der Waals surface area contributed by atoms with Gasteiger partial charge >= 0.3 is 0 Å². The molecule has 0 bridgehead atoms. The van der Waals surface area contributed by atoms with E-state index in [4.69, 9.17) is 0 Å². The summed E-state index contributed by atoms with van der Waals surface area (Å²) < 4.78 is 0. The number of rotatable bonds is 1. The Morgan fingerprint density at radius 1 is 1.46 bits per heavy atom. The molecule has 0 atom stereocenters. The van der Waals surface area contributed by atoms with Gasteiger partial charge in [0.15, 0.2) is 0 Å². The molecule has 0 aliphatic carbocycles. The quantitative estimate of drug-likeness (QED) is 0.704. The molecule has 0 aliphatic rings. The fourth-order valence-corrected chi connectivity index (χ4v) is 1.56. The second-order valence-electron chi connectivity index (χ2n) is 3.35. The Morgan fingerprint density at radius 3 is 2.92 bits per heavy atom. The van der Waals surface area contributed by atoms with Crippen LogP contribution < -0.4 is 0 Å². The summed E-state index contributed by atoms with van der Waals surface area (Å²) in [5, 5.41) is 8.42. The summed E-state index contributed by atoms with van der Waals surface area (Å²) in [5.74, 6) is 0. The molecule has 0 unspecified atom stereocenters. The van der Waals surface area contributed by atoms with Crippen molar-refractivity contribution in [1.29, 1.82) is 0 Å². The van der Waals surface area contributed by atoms with Gasteiger partial charge in [0, 0.05) is 5.39 Å². The molecule has 0 radical (unpaired) electrons. The molecule has 0 spiro atoms. The summed E-state index contributed by atoms with van der Waals surface area (Å²) in [5.41, 5.74) is 4.30. The van der Waals surface area contributed by atoms with Crippen molar-refractivity contribution in [3.05, 3.63) is 36.0 Å². The maximum Gasteiger partial charge on any atom is 0.0953 e. The highest BCUT2D eigenvalue weighted by Crippen LogP contribution is 2.23. The zero-order chi connectivity index (χ0) is 9.42. The molecular weight excluding hydrogens is 160 g/mol. The molecule has 1 aromatic carbocycles. The predicted octanol–water partition coefficient (Wildman–Crippen LogP) is 2.90. The Hall–Kier alpha value is -1.57. The zero-order valence-corrected chi connectivity index (χ0v) is 7.89. The van der Waals surface area contributed by atoms with E-state index in [1.54, 1.807) is 0 Å². The summed E-state index contributed by atoms with van der Waals surface area (Å²) in [6.07, 6.45) is 0. The lowest BCUT2D eigenvalue weighted by atomic mass is 10.1. The minimum atomic E-state index is 0.980. The van der Waals surface area contributed by atoms with E-state index >= 15 is 0 Å². The summed E-state index contributed by atoms with van der Waals surface area (Å²) >= 11 is 0. The SMILES string of the molecule is C=C(C)c1n[nH]c2cccc(C)c12. The third-order valence-electron chi connectivity index (χ3n) is 2.20. The summed E-state index contributed by atoms with van der Waals surface area (Å²) in [7, 11) is 0. The molecule has 1 N–H and O–H groups in total. The molecule has 13 heavy (non-hydrogen) atoms. The number of H-pyrrole nitrogens is 1. The first-order valence-corrected chi connectivity index (χ1v) is 4.29. The second-order valence-corrected chi connectivity index (χ2v) is 3.35. The standard InChI is InChI=1S/C11H12N2/c1-7(2)11-10-8(3)5-4-6-9(10)12-13-11/h4-6H,1H2,2-3H3,(H,12,13). The van der Waals surface area contributed by atoms with Crippen molar-refractivity contribution in [3.63, 3.8) is 0 Å². The number of fused-ring (bicyclic) bond motifs is 1. The molecule has 1 aromatic heterocycles. The zero-order valence-electron chi connectivity index (χ0n) is 7.89. The predicted molar refractivity (Wildman–Crippen MR) is 55.5 cm³/mol. The van der Waals surface area contributed by atoms with Crippen molar-refractivity contribution in [1.82, 2.24) is 10.2 Å². The molecule has 2 aromatic rings. The van der Waals surface area contributed by atoms with Gasteiger partial charge in [-0.05, 0) is 31.1 Å². The third-order valence-corrected chi connectivity index (χ3v) is 2.20. The van der Waals surface area contributed by atoms with Gasteiger partial charge in [-0.25, -0.2) is 0 Å². The number of hydrogen-bond donors (Lipinski definition) is 1. The van der Waals surface area contributed by atoms with Gasteiger partial charge in [-0.1, -0.05) is 18.7 Å². The molecule has 0 aliphatic heterocycles. The lowest BCUT2D eigenvalue weighted by Gasteiger charge is -1.97. The Kier molecular flexibility index (Phi) is 1.69. The number of nitrogens with zero attached hydrogens (tertiary/aromatic N) is 1. The number of aromatic nitrogens is 2. The van der Waals surface area contributed by atoms with Gasteiger partial charge in [0.1, 0.15) is 0 Å². The molecular formula is C11H12N2. The first-order chi connectivity index (χ1) is 6.20. The van der Waals surface area contributed by atoms with Crippen molar-refractivity contribution in [2.45, 2.75) is 13.8 Å². The Labute approximate surface area is 77.3 Å². The van der Waals surface area contributed by atoms with E-state index in [0.717, 1.165) is 16.8 Å².